The minimum absolute atomic E-state index is 0. The zero-order valence-corrected chi connectivity index (χ0v) is 18.3. The molecule has 3 atom stereocenters. The Bertz CT molecular complexity index is 798. The quantitative estimate of drug-likeness (QED) is 0.705. The molecule has 29 heavy (non-hydrogen) atoms. The van der Waals surface area contributed by atoms with Crippen molar-refractivity contribution >= 4 is 18.4 Å². The monoisotopic (exact) mass is 417 g/mol. The van der Waals surface area contributed by atoms with Crippen LogP contribution in [-0.2, 0) is 21.4 Å². The van der Waals surface area contributed by atoms with Crippen molar-refractivity contribution in [2.24, 2.45) is 11.8 Å². The fourth-order valence-corrected chi connectivity index (χ4v) is 4.37. The highest BCUT2D eigenvalue weighted by Crippen LogP contribution is 2.40. The van der Waals surface area contributed by atoms with E-state index in [4.69, 9.17) is 4.74 Å². The van der Waals surface area contributed by atoms with Gasteiger partial charge in [-0.15, -0.1) is 12.4 Å². The van der Waals surface area contributed by atoms with Crippen molar-refractivity contribution in [1.29, 1.82) is 0 Å². The standard InChI is InChI=1S/C24H31NO3.ClH/c1-18-16-25(13-12-24(18,2)21-10-7-11-22(26)15-21)17-20(23(27)28-3)14-19-8-5-4-6-9-19;/h4-11,15,18,20,26H,12-14,16-17H2,1-3H3;1H/t18-,20-,24+;/m1./s1. The van der Waals surface area contributed by atoms with Crippen LogP contribution in [0, 0.1) is 11.8 Å². The zero-order chi connectivity index (χ0) is 20.1. The van der Waals surface area contributed by atoms with Crippen LogP contribution in [0.1, 0.15) is 31.4 Å². The van der Waals surface area contributed by atoms with Crippen LogP contribution in [0.15, 0.2) is 54.6 Å². The lowest BCUT2D eigenvalue weighted by molar-refractivity contribution is -0.146. The third-order valence-electron chi connectivity index (χ3n) is 6.41. The van der Waals surface area contributed by atoms with E-state index < -0.39 is 0 Å². The first-order valence-corrected chi connectivity index (χ1v) is 10.1. The van der Waals surface area contributed by atoms with Gasteiger partial charge in [-0.1, -0.05) is 56.3 Å². The van der Waals surface area contributed by atoms with Crippen LogP contribution in [0.2, 0.25) is 0 Å². The molecule has 2 aromatic rings. The smallest absolute Gasteiger partial charge is 0.310 e. The van der Waals surface area contributed by atoms with Crippen LogP contribution >= 0.6 is 12.4 Å². The highest BCUT2D eigenvalue weighted by atomic mass is 35.5. The number of esters is 1. The molecule has 3 rings (SSSR count). The lowest BCUT2D eigenvalue weighted by atomic mass is 9.68. The predicted molar refractivity (Wildman–Crippen MR) is 119 cm³/mol. The van der Waals surface area contributed by atoms with Crippen molar-refractivity contribution in [2.75, 3.05) is 26.7 Å². The first kappa shape index (κ1) is 23.2. The average molecular weight is 418 g/mol. The molecule has 0 spiro atoms. The molecule has 2 aromatic carbocycles. The van der Waals surface area contributed by atoms with Crippen LogP contribution in [0.25, 0.3) is 0 Å². The van der Waals surface area contributed by atoms with E-state index >= 15 is 0 Å². The third kappa shape index (κ3) is 5.52. The van der Waals surface area contributed by atoms with E-state index in [-0.39, 0.29) is 29.7 Å². The molecule has 0 aromatic heterocycles. The number of ether oxygens (including phenoxy) is 1. The second-order valence-corrected chi connectivity index (χ2v) is 8.29. The predicted octanol–water partition coefficient (Wildman–Crippen LogP) is 4.45. The van der Waals surface area contributed by atoms with E-state index in [0.29, 0.717) is 24.6 Å². The second-order valence-electron chi connectivity index (χ2n) is 8.29. The topological polar surface area (TPSA) is 49.8 Å². The number of likely N-dealkylation sites (tertiary alicyclic amines) is 1. The summed E-state index contributed by atoms with van der Waals surface area (Å²) in [6.45, 7) is 7.11. The van der Waals surface area contributed by atoms with Gasteiger partial charge in [0.05, 0.1) is 13.0 Å². The maximum atomic E-state index is 12.4. The van der Waals surface area contributed by atoms with Crippen LogP contribution in [0.3, 0.4) is 0 Å². The van der Waals surface area contributed by atoms with Crippen LogP contribution in [0.4, 0.5) is 0 Å². The third-order valence-corrected chi connectivity index (χ3v) is 6.41. The molecule has 1 fully saturated rings. The fraction of sp³-hybridized carbons (Fsp3) is 0.458. The summed E-state index contributed by atoms with van der Waals surface area (Å²) in [6, 6.07) is 17.8. The molecule has 0 saturated carbocycles. The molecular formula is C24H32ClNO3. The maximum absolute atomic E-state index is 12.4. The Morgan fingerprint density at radius 2 is 1.97 bits per heavy atom. The number of benzene rings is 2. The van der Waals surface area contributed by atoms with Gasteiger partial charge < -0.3 is 14.7 Å². The van der Waals surface area contributed by atoms with Crippen molar-refractivity contribution < 1.29 is 14.6 Å². The normalized spacial score (nSPS) is 23.1. The lowest BCUT2D eigenvalue weighted by Crippen LogP contribution is -2.49. The average Bonchev–Trinajstić information content (AvgIpc) is 2.70. The van der Waals surface area contributed by atoms with E-state index in [1.54, 1.807) is 6.07 Å². The van der Waals surface area contributed by atoms with Gasteiger partial charge in [0.1, 0.15) is 5.75 Å². The number of piperidine rings is 1. The first-order valence-electron chi connectivity index (χ1n) is 10.1. The SMILES string of the molecule is COC(=O)[C@H](Cc1ccccc1)CN1CC[C@](C)(c2cccc(O)c2)[C@H](C)C1.Cl. The molecule has 1 heterocycles. The number of carbonyl (C=O) groups excluding carboxylic acids is 1. The van der Waals surface area contributed by atoms with E-state index in [2.05, 4.69) is 36.9 Å². The Kier molecular flexibility index (Phi) is 8.12. The number of hydrogen-bond donors (Lipinski definition) is 1. The Balaban J connectivity index is 0.00000300. The van der Waals surface area contributed by atoms with Gasteiger partial charge in [0.25, 0.3) is 0 Å². The summed E-state index contributed by atoms with van der Waals surface area (Å²) in [5.41, 5.74) is 2.37. The van der Waals surface area contributed by atoms with Crippen molar-refractivity contribution in [3.05, 3.63) is 65.7 Å². The van der Waals surface area contributed by atoms with Crippen LogP contribution < -0.4 is 0 Å². The molecule has 0 unspecified atom stereocenters. The van der Waals surface area contributed by atoms with Gasteiger partial charge in [-0.3, -0.25) is 4.79 Å². The molecule has 0 amide bonds. The summed E-state index contributed by atoms with van der Waals surface area (Å²) in [7, 11) is 1.47. The number of rotatable bonds is 6. The molecular weight excluding hydrogens is 386 g/mol. The van der Waals surface area contributed by atoms with E-state index in [0.717, 1.165) is 25.1 Å². The molecule has 1 aliphatic rings. The van der Waals surface area contributed by atoms with Crippen LogP contribution in [-0.4, -0.2) is 42.7 Å². The van der Waals surface area contributed by atoms with Crippen molar-refractivity contribution in [2.45, 2.75) is 32.1 Å². The lowest BCUT2D eigenvalue weighted by Gasteiger charge is -2.45. The minimum atomic E-state index is -0.162. The highest BCUT2D eigenvalue weighted by molar-refractivity contribution is 5.85. The molecule has 1 saturated heterocycles. The summed E-state index contributed by atoms with van der Waals surface area (Å²) in [5, 5.41) is 9.88. The van der Waals surface area contributed by atoms with Gasteiger partial charge >= 0.3 is 5.97 Å². The Hall–Kier alpha value is -2.04. The maximum Gasteiger partial charge on any atom is 0.310 e. The van der Waals surface area contributed by atoms with Crippen LogP contribution in [0.5, 0.6) is 5.75 Å². The summed E-state index contributed by atoms with van der Waals surface area (Å²) < 4.78 is 5.08. The molecule has 4 nitrogen and oxygen atoms in total. The molecule has 0 radical (unpaired) electrons. The molecule has 0 bridgehead atoms. The van der Waals surface area contributed by atoms with Gasteiger partial charge in [0.2, 0.25) is 0 Å². The molecule has 158 valence electrons. The first-order chi connectivity index (χ1) is 13.4. The number of phenols is 1. The van der Waals surface area contributed by atoms with E-state index in [1.165, 1.54) is 12.7 Å². The van der Waals surface area contributed by atoms with Gasteiger partial charge in [-0.25, -0.2) is 0 Å². The Morgan fingerprint density at radius 1 is 1.24 bits per heavy atom. The molecule has 1 N–H and O–H groups in total. The number of aromatic hydroxyl groups is 1. The van der Waals surface area contributed by atoms with Gasteiger partial charge in [0, 0.05) is 13.1 Å². The largest absolute Gasteiger partial charge is 0.508 e. The van der Waals surface area contributed by atoms with Gasteiger partial charge in [-0.05, 0) is 54.0 Å². The number of nitrogens with zero attached hydrogens (tertiary/aromatic N) is 1. The minimum Gasteiger partial charge on any atom is -0.508 e. The summed E-state index contributed by atoms with van der Waals surface area (Å²) in [4.78, 5) is 14.8. The summed E-state index contributed by atoms with van der Waals surface area (Å²) >= 11 is 0. The zero-order valence-electron chi connectivity index (χ0n) is 17.5. The number of carbonyl (C=O) groups is 1. The number of halogens is 1. The van der Waals surface area contributed by atoms with Gasteiger partial charge in [-0.2, -0.15) is 0 Å². The molecule has 5 heteroatoms. The van der Waals surface area contributed by atoms with Crippen molar-refractivity contribution in [3.8, 4) is 5.75 Å². The fourth-order valence-electron chi connectivity index (χ4n) is 4.37. The number of phenolic OH excluding ortho intramolecular Hbond substituents is 1. The number of hydrogen-bond acceptors (Lipinski definition) is 4. The molecule has 0 aliphatic carbocycles. The Morgan fingerprint density at radius 3 is 2.59 bits per heavy atom. The molecule has 1 aliphatic heterocycles. The van der Waals surface area contributed by atoms with Crippen molar-refractivity contribution in [3.63, 3.8) is 0 Å². The highest BCUT2D eigenvalue weighted by Gasteiger charge is 2.39. The van der Waals surface area contributed by atoms with E-state index in [9.17, 15) is 9.90 Å². The second kappa shape index (κ2) is 10.1. The van der Waals surface area contributed by atoms with Gasteiger partial charge in [0.15, 0.2) is 0 Å². The summed E-state index contributed by atoms with van der Waals surface area (Å²) in [6.07, 6.45) is 1.69. The Labute approximate surface area is 180 Å². The number of methoxy groups -OCH3 is 1. The van der Waals surface area contributed by atoms with E-state index in [1.807, 2.05) is 30.3 Å². The summed E-state index contributed by atoms with van der Waals surface area (Å²) in [5.74, 6) is 0.433. The van der Waals surface area contributed by atoms with Crippen molar-refractivity contribution in [1.82, 2.24) is 4.90 Å².